The molecule has 0 saturated heterocycles. The van der Waals surface area contributed by atoms with Gasteiger partial charge in [-0.15, -0.1) is 0 Å². The van der Waals surface area contributed by atoms with Crippen molar-refractivity contribution in [3.05, 3.63) is 89.0 Å². The normalized spacial score (nSPS) is 12.0. The third-order valence-electron chi connectivity index (χ3n) is 5.51. The molecule has 7 nitrogen and oxygen atoms in total. The summed E-state index contributed by atoms with van der Waals surface area (Å²) in [5, 5.41) is 2.85. The number of nitrogens with two attached hydrogens (primary N) is 1. The molecule has 0 radical (unpaired) electrons. The Hall–Kier alpha value is -4.10. The van der Waals surface area contributed by atoms with Crippen molar-refractivity contribution < 1.29 is 23.8 Å². The number of rotatable bonds is 10. The second-order valence-electron chi connectivity index (χ2n) is 7.97. The average Bonchev–Trinajstić information content (AvgIpc) is 2.88. The summed E-state index contributed by atoms with van der Waals surface area (Å²) in [6.07, 6.45) is 2.14. The summed E-state index contributed by atoms with van der Waals surface area (Å²) < 4.78 is 16.0. The Labute approximate surface area is 205 Å². The maximum absolute atomic E-state index is 13.1. The van der Waals surface area contributed by atoms with Gasteiger partial charge in [0.2, 0.25) is 5.91 Å². The SMILES string of the molecule is COc1ccc(OC)c(C(=O)C(C)=Cc2ccc(OC)c(NC(=O)C(N)Cc3ccccc3)c2)c1. The maximum Gasteiger partial charge on any atom is 0.241 e. The lowest BCUT2D eigenvalue weighted by Crippen LogP contribution is -2.37. The van der Waals surface area contributed by atoms with Crippen molar-refractivity contribution in [2.24, 2.45) is 5.73 Å². The summed E-state index contributed by atoms with van der Waals surface area (Å²) in [4.78, 5) is 25.9. The lowest BCUT2D eigenvalue weighted by atomic mass is 10.0. The maximum atomic E-state index is 13.1. The van der Waals surface area contributed by atoms with Crippen molar-refractivity contribution in [1.82, 2.24) is 0 Å². The Bertz CT molecular complexity index is 1220. The van der Waals surface area contributed by atoms with Gasteiger partial charge >= 0.3 is 0 Å². The van der Waals surface area contributed by atoms with E-state index >= 15 is 0 Å². The summed E-state index contributed by atoms with van der Waals surface area (Å²) >= 11 is 0. The Morgan fingerprint density at radius 1 is 0.914 bits per heavy atom. The fraction of sp³-hybridized carbons (Fsp3) is 0.214. The van der Waals surface area contributed by atoms with Crippen LogP contribution in [-0.2, 0) is 11.2 Å². The van der Waals surface area contributed by atoms with Gasteiger partial charge in [0.1, 0.15) is 17.2 Å². The van der Waals surface area contributed by atoms with Crippen molar-refractivity contribution in [3.63, 3.8) is 0 Å². The number of allylic oxidation sites excluding steroid dienone is 1. The molecule has 0 aliphatic heterocycles. The highest BCUT2D eigenvalue weighted by molar-refractivity contribution is 6.12. The minimum Gasteiger partial charge on any atom is -0.497 e. The third kappa shape index (κ3) is 6.49. The van der Waals surface area contributed by atoms with E-state index in [1.165, 1.54) is 21.3 Å². The number of ketones is 1. The molecule has 182 valence electrons. The molecule has 35 heavy (non-hydrogen) atoms. The quantitative estimate of drug-likeness (QED) is 0.331. The van der Waals surface area contributed by atoms with Crippen LogP contribution in [-0.4, -0.2) is 39.1 Å². The van der Waals surface area contributed by atoms with E-state index in [-0.39, 0.29) is 11.7 Å². The predicted octanol–water partition coefficient (Wildman–Crippen LogP) is 4.51. The van der Waals surface area contributed by atoms with E-state index in [0.717, 1.165) is 5.56 Å². The van der Waals surface area contributed by atoms with Crippen LogP contribution in [0.4, 0.5) is 5.69 Å². The Balaban J connectivity index is 1.82. The highest BCUT2D eigenvalue weighted by Gasteiger charge is 2.18. The van der Waals surface area contributed by atoms with Gasteiger partial charge in [-0.3, -0.25) is 9.59 Å². The summed E-state index contributed by atoms with van der Waals surface area (Å²) in [5.41, 5.74) is 9.17. The Morgan fingerprint density at radius 2 is 1.60 bits per heavy atom. The first-order valence-corrected chi connectivity index (χ1v) is 11.1. The van der Waals surface area contributed by atoms with E-state index in [9.17, 15) is 9.59 Å². The molecular formula is C28H30N2O5. The minimum atomic E-state index is -0.731. The highest BCUT2D eigenvalue weighted by Crippen LogP contribution is 2.29. The molecule has 0 aromatic heterocycles. The van der Waals surface area contributed by atoms with Crippen LogP contribution >= 0.6 is 0 Å². The molecule has 3 N–H and O–H groups in total. The lowest BCUT2D eigenvalue weighted by molar-refractivity contribution is -0.117. The number of amides is 1. The number of methoxy groups -OCH3 is 3. The largest absolute Gasteiger partial charge is 0.497 e. The summed E-state index contributed by atoms with van der Waals surface area (Å²) in [5.74, 6) is 0.969. The number of carbonyl (C=O) groups is 2. The molecule has 1 amide bonds. The van der Waals surface area contributed by atoms with Crippen LogP contribution in [0.5, 0.6) is 17.2 Å². The standard InChI is InChI=1S/C28H30N2O5/c1-18(27(31)22-17-21(33-2)11-13-25(22)34-3)14-20-10-12-26(35-4)24(16-20)30-28(32)23(29)15-19-8-6-5-7-9-19/h5-14,16-17,23H,15,29H2,1-4H3,(H,30,32). The first kappa shape index (κ1) is 25.5. The van der Waals surface area contributed by atoms with E-state index in [4.69, 9.17) is 19.9 Å². The molecule has 7 heteroatoms. The van der Waals surface area contributed by atoms with E-state index in [2.05, 4.69) is 5.32 Å². The summed E-state index contributed by atoms with van der Waals surface area (Å²) in [6.45, 7) is 1.72. The van der Waals surface area contributed by atoms with Crippen LogP contribution in [0.25, 0.3) is 6.08 Å². The van der Waals surface area contributed by atoms with Crippen LogP contribution in [0, 0.1) is 0 Å². The molecule has 0 spiro atoms. The Kier molecular flexibility index (Phi) is 8.64. The van der Waals surface area contributed by atoms with Gasteiger partial charge in [-0.25, -0.2) is 0 Å². The van der Waals surface area contributed by atoms with Gasteiger partial charge in [0.05, 0.1) is 38.6 Å². The summed E-state index contributed by atoms with van der Waals surface area (Å²) in [7, 11) is 4.57. The van der Waals surface area contributed by atoms with Gasteiger partial charge in [-0.1, -0.05) is 36.4 Å². The zero-order valence-electron chi connectivity index (χ0n) is 20.3. The fourth-order valence-electron chi connectivity index (χ4n) is 3.62. The Morgan fingerprint density at radius 3 is 2.26 bits per heavy atom. The third-order valence-corrected chi connectivity index (χ3v) is 5.51. The molecule has 0 bridgehead atoms. The number of nitrogens with one attached hydrogen (secondary N) is 1. The molecule has 3 aromatic carbocycles. The van der Waals surface area contributed by atoms with Crippen LogP contribution in [0.15, 0.2) is 72.3 Å². The smallest absolute Gasteiger partial charge is 0.241 e. The van der Waals surface area contributed by atoms with E-state index in [1.807, 2.05) is 30.3 Å². The van der Waals surface area contributed by atoms with Gasteiger partial charge in [0, 0.05) is 0 Å². The van der Waals surface area contributed by atoms with Crippen LogP contribution < -0.4 is 25.3 Å². The minimum absolute atomic E-state index is 0.202. The van der Waals surface area contributed by atoms with Crippen molar-refractivity contribution >= 4 is 23.5 Å². The molecule has 1 unspecified atom stereocenters. The molecule has 1 atom stereocenters. The van der Waals surface area contributed by atoms with E-state index < -0.39 is 6.04 Å². The molecular weight excluding hydrogens is 444 g/mol. The van der Waals surface area contributed by atoms with Crippen molar-refractivity contribution in [1.29, 1.82) is 0 Å². The van der Waals surface area contributed by atoms with Crippen LogP contribution in [0.2, 0.25) is 0 Å². The molecule has 3 aromatic rings. The van der Waals surface area contributed by atoms with E-state index in [1.54, 1.807) is 49.4 Å². The van der Waals surface area contributed by atoms with Crippen molar-refractivity contribution in [3.8, 4) is 17.2 Å². The second kappa shape index (κ2) is 11.9. The number of ether oxygens (including phenoxy) is 3. The lowest BCUT2D eigenvalue weighted by Gasteiger charge is -2.15. The first-order chi connectivity index (χ1) is 16.9. The van der Waals surface area contributed by atoms with Gasteiger partial charge in [0.25, 0.3) is 0 Å². The molecule has 0 fully saturated rings. The zero-order chi connectivity index (χ0) is 25.4. The van der Waals surface area contributed by atoms with Crippen LogP contribution in [0.3, 0.4) is 0 Å². The number of benzene rings is 3. The highest BCUT2D eigenvalue weighted by atomic mass is 16.5. The average molecular weight is 475 g/mol. The monoisotopic (exact) mass is 474 g/mol. The van der Waals surface area contributed by atoms with Crippen molar-refractivity contribution in [2.45, 2.75) is 19.4 Å². The molecule has 0 aliphatic carbocycles. The topological polar surface area (TPSA) is 99.9 Å². The van der Waals surface area contributed by atoms with Gasteiger partial charge < -0.3 is 25.3 Å². The molecule has 3 rings (SSSR count). The molecule has 0 aliphatic rings. The molecule has 0 heterocycles. The van der Waals surface area contributed by atoms with Gasteiger partial charge in [-0.2, -0.15) is 0 Å². The van der Waals surface area contributed by atoms with Gasteiger partial charge in [0.15, 0.2) is 5.78 Å². The number of carbonyl (C=O) groups excluding carboxylic acids is 2. The number of Topliss-reactive ketones (excluding diaryl/α,β-unsaturated/α-hetero) is 1. The predicted molar refractivity (Wildman–Crippen MR) is 137 cm³/mol. The van der Waals surface area contributed by atoms with E-state index in [0.29, 0.717) is 46.1 Å². The molecule has 0 saturated carbocycles. The first-order valence-electron chi connectivity index (χ1n) is 11.1. The number of anilines is 1. The van der Waals surface area contributed by atoms with Crippen LogP contribution in [0.1, 0.15) is 28.4 Å². The zero-order valence-corrected chi connectivity index (χ0v) is 20.3. The second-order valence-corrected chi connectivity index (χ2v) is 7.97. The van der Waals surface area contributed by atoms with Crippen molar-refractivity contribution in [2.75, 3.05) is 26.6 Å². The fourth-order valence-corrected chi connectivity index (χ4v) is 3.62. The number of hydrogen-bond donors (Lipinski definition) is 2. The van der Waals surface area contributed by atoms with Gasteiger partial charge in [-0.05, 0) is 66.5 Å². The number of hydrogen-bond acceptors (Lipinski definition) is 6. The summed E-state index contributed by atoms with van der Waals surface area (Å²) in [6, 6.07) is 19.2.